The third-order valence-electron chi connectivity index (χ3n) is 2.66. The molecule has 0 saturated carbocycles. The molecule has 2 rings (SSSR count). The van der Waals surface area contributed by atoms with Gasteiger partial charge in [-0.3, -0.25) is 0 Å². The number of carbonyl (C=O) groups is 1. The fraction of sp³-hybridized carbons (Fsp3) is 0.133. The number of para-hydroxylation sites is 1. The van der Waals surface area contributed by atoms with Crippen LogP contribution in [0, 0.1) is 0 Å². The third kappa shape index (κ3) is 3.73. The highest BCUT2D eigenvalue weighted by Gasteiger charge is 2.15. The van der Waals surface area contributed by atoms with Crippen molar-refractivity contribution in [3.05, 3.63) is 64.7 Å². The van der Waals surface area contributed by atoms with Gasteiger partial charge in [0.1, 0.15) is 12.4 Å². The number of allylic oxidation sites excluding steroid dienone is 4. The van der Waals surface area contributed by atoms with Gasteiger partial charge < -0.3 is 9.84 Å². The Morgan fingerprint density at radius 1 is 1.26 bits per heavy atom. The lowest BCUT2D eigenvalue weighted by Gasteiger charge is -2.10. The Hall–Kier alpha value is -2.00. The van der Waals surface area contributed by atoms with Gasteiger partial charge in [0.25, 0.3) is 0 Å². The highest BCUT2D eigenvalue weighted by molar-refractivity contribution is 6.31. The lowest BCUT2D eigenvalue weighted by atomic mass is 10.1. The Morgan fingerprint density at radius 2 is 2.00 bits per heavy atom. The SMILES string of the molecule is O=C(O)C1=CCC=C(Cl)C=C1COc1ccccc1. The number of hydrogen-bond acceptors (Lipinski definition) is 2. The molecule has 19 heavy (non-hydrogen) atoms. The number of hydrogen-bond donors (Lipinski definition) is 1. The van der Waals surface area contributed by atoms with Crippen LogP contribution in [-0.4, -0.2) is 17.7 Å². The molecule has 0 aromatic heterocycles. The summed E-state index contributed by atoms with van der Waals surface area (Å²) in [6.45, 7) is 0.173. The minimum absolute atomic E-state index is 0.173. The summed E-state index contributed by atoms with van der Waals surface area (Å²) in [6.07, 6.45) is 5.54. The van der Waals surface area contributed by atoms with Crippen LogP contribution < -0.4 is 4.74 Å². The first-order chi connectivity index (χ1) is 9.16. The Labute approximate surface area is 116 Å². The van der Waals surface area contributed by atoms with Crippen LogP contribution in [0.3, 0.4) is 0 Å². The summed E-state index contributed by atoms with van der Waals surface area (Å²) in [7, 11) is 0. The fourth-order valence-corrected chi connectivity index (χ4v) is 1.97. The van der Waals surface area contributed by atoms with Gasteiger partial charge >= 0.3 is 5.97 Å². The molecule has 1 aliphatic rings. The van der Waals surface area contributed by atoms with E-state index >= 15 is 0 Å². The molecule has 0 amide bonds. The van der Waals surface area contributed by atoms with Gasteiger partial charge in [-0.15, -0.1) is 0 Å². The van der Waals surface area contributed by atoms with Crippen LogP contribution in [0.2, 0.25) is 0 Å². The highest BCUT2D eigenvalue weighted by atomic mass is 35.5. The van der Waals surface area contributed by atoms with Gasteiger partial charge in [-0.25, -0.2) is 4.79 Å². The second kappa shape index (κ2) is 6.25. The Morgan fingerprint density at radius 3 is 2.68 bits per heavy atom. The molecule has 3 nitrogen and oxygen atoms in total. The zero-order chi connectivity index (χ0) is 13.7. The van der Waals surface area contributed by atoms with E-state index < -0.39 is 5.97 Å². The first kappa shape index (κ1) is 13.4. The molecule has 1 N–H and O–H groups in total. The number of rotatable bonds is 4. The molecular weight excluding hydrogens is 264 g/mol. The molecule has 0 radical (unpaired) electrons. The number of aliphatic carboxylic acids is 1. The number of ether oxygens (including phenoxy) is 1. The number of carboxylic acids is 1. The molecule has 4 heteroatoms. The van der Waals surface area contributed by atoms with Crippen molar-refractivity contribution in [1.29, 1.82) is 0 Å². The van der Waals surface area contributed by atoms with Gasteiger partial charge in [0.2, 0.25) is 0 Å². The molecule has 1 aliphatic carbocycles. The summed E-state index contributed by atoms with van der Waals surface area (Å²) < 4.78 is 5.57. The minimum Gasteiger partial charge on any atom is -0.489 e. The summed E-state index contributed by atoms with van der Waals surface area (Å²) in [6, 6.07) is 9.24. The van der Waals surface area contributed by atoms with E-state index in [1.165, 1.54) is 0 Å². The van der Waals surface area contributed by atoms with Gasteiger partial charge in [0.05, 0.1) is 5.57 Å². The van der Waals surface area contributed by atoms with E-state index in [0.29, 0.717) is 22.8 Å². The Balaban J connectivity index is 2.15. The minimum atomic E-state index is -0.970. The number of halogens is 1. The van der Waals surface area contributed by atoms with E-state index in [1.54, 1.807) is 18.2 Å². The predicted molar refractivity (Wildman–Crippen MR) is 74.3 cm³/mol. The van der Waals surface area contributed by atoms with Gasteiger partial charge in [-0.2, -0.15) is 0 Å². The van der Waals surface area contributed by atoms with Crippen LogP contribution in [0.1, 0.15) is 6.42 Å². The van der Waals surface area contributed by atoms with E-state index in [4.69, 9.17) is 16.3 Å². The molecule has 1 aromatic carbocycles. The van der Waals surface area contributed by atoms with Crippen molar-refractivity contribution in [3.63, 3.8) is 0 Å². The van der Waals surface area contributed by atoms with E-state index in [-0.39, 0.29) is 12.2 Å². The van der Waals surface area contributed by atoms with Crippen molar-refractivity contribution >= 4 is 17.6 Å². The summed E-state index contributed by atoms with van der Waals surface area (Å²) in [5, 5.41) is 9.71. The van der Waals surface area contributed by atoms with Crippen molar-refractivity contribution in [2.45, 2.75) is 6.42 Å². The van der Waals surface area contributed by atoms with Crippen LogP contribution in [0.5, 0.6) is 5.75 Å². The molecule has 0 saturated heterocycles. The molecule has 0 heterocycles. The number of carboxylic acid groups (broad SMARTS) is 1. The summed E-state index contributed by atoms with van der Waals surface area (Å²) >= 11 is 5.97. The molecular formula is C15H13ClO3. The average molecular weight is 277 g/mol. The smallest absolute Gasteiger partial charge is 0.335 e. The lowest BCUT2D eigenvalue weighted by molar-refractivity contribution is -0.132. The van der Waals surface area contributed by atoms with Crippen LogP contribution in [0.25, 0.3) is 0 Å². The summed E-state index contributed by atoms with van der Waals surface area (Å²) in [5.74, 6) is -0.278. The van der Waals surface area contributed by atoms with E-state index in [1.807, 2.05) is 30.3 Å². The highest BCUT2D eigenvalue weighted by Crippen LogP contribution is 2.22. The van der Waals surface area contributed by atoms with Crippen molar-refractivity contribution in [2.75, 3.05) is 6.61 Å². The molecule has 98 valence electrons. The average Bonchev–Trinajstić information content (AvgIpc) is 2.59. The van der Waals surface area contributed by atoms with E-state index in [2.05, 4.69) is 0 Å². The van der Waals surface area contributed by atoms with Gasteiger partial charge in [-0.1, -0.05) is 42.0 Å². The molecule has 0 aliphatic heterocycles. The Kier molecular flexibility index (Phi) is 4.42. The predicted octanol–water partition coefficient (Wildman–Crippen LogP) is 3.53. The van der Waals surface area contributed by atoms with E-state index in [9.17, 15) is 9.90 Å². The summed E-state index contributed by atoms with van der Waals surface area (Å²) in [4.78, 5) is 11.2. The molecule has 1 aromatic rings. The molecule has 0 bridgehead atoms. The topological polar surface area (TPSA) is 46.5 Å². The standard InChI is InChI=1S/C15H13ClO3/c16-12-5-4-8-14(15(17)18)11(9-12)10-19-13-6-2-1-3-7-13/h1-3,5-9H,4,10H2,(H,17,18). The van der Waals surface area contributed by atoms with Crippen molar-refractivity contribution in [1.82, 2.24) is 0 Å². The maximum Gasteiger partial charge on any atom is 0.335 e. The van der Waals surface area contributed by atoms with Crippen LogP contribution in [0.4, 0.5) is 0 Å². The van der Waals surface area contributed by atoms with Gasteiger partial charge in [0.15, 0.2) is 0 Å². The van der Waals surface area contributed by atoms with E-state index in [0.717, 1.165) is 0 Å². The third-order valence-corrected chi connectivity index (χ3v) is 2.92. The summed E-state index contributed by atoms with van der Waals surface area (Å²) in [5.41, 5.74) is 0.804. The normalized spacial score (nSPS) is 14.9. The van der Waals surface area contributed by atoms with Crippen LogP contribution >= 0.6 is 11.6 Å². The zero-order valence-electron chi connectivity index (χ0n) is 10.2. The quantitative estimate of drug-likeness (QED) is 0.915. The fourth-order valence-electron chi connectivity index (χ4n) is 1.75. The largest absolute Gasteiger partial charge is 0.489 e. The van der Waals surface area contributed by atoms with Crippen LogP contribution in [0.15, 0.2) is 64.7 Å². The second-order valence-electron chi connectivity index (χ2n) is 4.02. The maximum atomic E-state index is 11.2. The first-order valence-corrected chi connectivity index (χ1v) is 6.22. The zero-order valence-corrected chi connectivity index (χ0v) is 10.9. The number of benzene rings is 1. The monoisotopic (exact) mass is 276 g/mol. The molecule has 0 atom stereocenters. The van der Waals surface area contributed by atoms with Crippen molar-refractivity contribution in [2.24, 2.45) is 0 Å². The first-order valence-electron chi connectivity index (χ1n) is 5.84. The van der Waals surface area contributed by atoms with Crippen molar-refractivity contribution < 1.29 is 14.6 Å². The maximum absolute atomic E-state index is 11.2. The van der Waals surface area contributed by atoms with Crippen LogP contribution in [-0.2, 0) is 4.79 Å². The second-order valence-corrected chi connectivity index (χ2v) is 4.46. The Bertz CT molecular complexity index is 556. The molecule has 0 unspecified atom stereocenters. The molecule has 0 spiro atoms. The van der Waals surface area contributed by atoms with Crippen molar-refractivity contribution in [3.8, 4) is 5.75 Å². The van der Waals surface area contributed by atoms with Gasteiger partial charge in [0, 0.05) is 10.6 Å². The lowest BCUT2D eigenvalue weighted by Crippen LogP contribution is -2.10. The molecule has 0 fully saturated rings. The van der Waals surface area contributed by atoms with Gasteiger partial charge in [-0.05, 0) is 24.6 Å².